The van der Waals surface area contributed by atoms with Crippen molar-refractivity contribution in [1.29, 1.82) is 0 Å². The molecule has 2 aromatic heterocycles. The maximum atomic E-state index is 12.7. The van der Waals surface area contributed by atoms with Gasteiger partial charge in [0.25, 0.3) is 0 Å². The standard InChI is InChI=1S/C17H23ClN6O/c1-11-10-23(15-14(18)6-5-7-19-15)8-9-24(11)17(25)21-16-20-12(2)13(3)22(16)4/h5-7,11H,8-10H2,1-4H3,(H,20,21,25). The number of amides is 2. The first-order chi connectivity index (χ1) is 11.9. The molecule has 2 amide bonds. The first-order valence-corrected chi connectivity index (χ1v) is 8.69. The molecule has 0 spiro atoms. The molecular formula is C17H23ClN6O. The molecule has 0 saturated carbocycles. The zero-order valence-corrected chi connectivity index (χ0v) is 15.7. The van der Waals surface area contributed by atoms with E-state index in [-0.39, 0.29) is 12.1 Å². The molecule has 0 radical (unpaired) electrons. The van der Waals surface area contributed by atoms with Crippen LogP contribution in [-0.4, -0.2) is 51.1 Å². The molecule has 1 aliphatic heterocycles. The number of halogens is 1. The molecule has 3 heterocycles. The largest absolute Gasteiger partial charge is 0.352 e. The quantitative estimate of drug-likeness (QED) is 0.892. The van der Waals surface area contributed by atoms with E-state index in [9.17, 15) is 4.79 Å². The van der Waals surface area contributed by atoms with Gasteiger partial charge in [0.1, 0.15) is 5.82 Å². The number of nitrogens with zero attached hydrogens (tertiary/aromatic N) is 5. The average Bonchev–Trinajstić information content (AvgIpc) is 2.82. The fraction of sp³-hybridized carbons (Fsp3) is 0.471. The maximum absolute atomic E-state index is 12.7. The zero-order valence-electron chi connectivity index (χ0n) is 15.0. The normalized spacial score (nSPS) is 17.7. The Morgan fingerprint density at radius 2 is 2.12 bits per heavy atom. The molecule has 0 aromatic carbocycles. The third kappa shape index (κ3) is 3.42. The number of anilines is 2. The number of urea groups is 1. The van der Waals surface area contributed by atoms with Crippen LogP contribution in [0.25, 0.3) is 0 Å². The molecule has 0 bridgehead atoms. The number of aromatic nitrogens is 3. The molecule has 134 valence electrons. The van der Waals surface area contributed by atoms with Gasteiger partial charge in [0.15, 0.2) is 0 Å². The molecule has 0 aliphatic carbocycles. The third-order valence-electron chi connectivity index (χ3n) is 4.76. The Hall–Kier alpha value is -2.28. The molecular weight excluding hydrogens is 340 g/mol. The molecule has 1 fully saturated rings. The smallest absolute Gasteiger partial charge is 0.324 e. The SMILES string of the molecule is Cc1nc(NC(=O)N2CCN(c3ncccc3Cl)CC2C)n(C)c1C. The highest BCUT2D eigenvalue weighted by molar-refractivity contribution is 6.32. The van der Waals surface area contributed by atoms with Gasteiger partial charge in [-0.3, -0.25) is 5.32 Å². The van der Waals surface area contributed by atoms with Crippen molar-refractivity contribution in [2.75, 3.05) is 29.9 Å². The van der Waals surface area contributed by atoms with Crippen LogP contribution >= 0.6 is 11.6 Å². The molecule has 2 aromatic rings. The summed E-state index contributed by atoms with van der Waals surface area (Å²) in [5.41, 5.74) is 1.96. The molecule has 3 rings (SSSR count). The Morgan fingerprint density at radius 1 is 1.36 bits per heavy atom. The number of hydrogen-bond acceptors (Lipinski definition) is 4. The van der Waals surface area contributed by atoms with Gasteiger partial charge in [-0.2, -0.15) is 0 Å². The molecule has 1 N–H and O–H groups in total. The third-order valence-corrected chi connectivity index (χ3v) is 5.06. The number of piperazine rings is 1. The van der Waals surface area contributed by atoms with Crippen molar-refractivity contribution in [2.24, 2.45) is 7.05 Å². The van der Waals surface area contributed by atoms with Gasteiger partial charge >= 0.3 is 6.03 Å². The minimum atomic E-state index is -0.132. The number of aryl methyl sites for hydroxylation is 1. The number of hydrogen-bond donors (Lipinski definition) is 1. The summed E-state index contributed by atoms with van der Waals surface area (Å²) in [4.78, 5) is 25.4. The Morgan fingerprint density at radius 3 is 2.72 bits per heavy atom. The van der Waals surface area contributed by atoms with Crippen LogP contribution in [0.15, 0.2) is 18.3 Å². The summed E-state index contributed by atoms with van der Waals surface area (Å²) >= 11 is 6.24. The fourth-order valence-corrected chi connectivity index (χ4v) is 3.30. The number of carbonyl (C=O) groups excluding carboxylic acids is 1. The number of rotatable bonds is 2. The van der Waals surface area contributed by atoms with Crippen molar-refractivity contribution < 1.29 is 4.79 Å². The van der Waals surface area contributed by atoms with E-state index in [0.29, 0.717) is 30.6 Å². The highest BCUT2D eigenvalue weighted by Crippen LogP contribution is 2.25. The van der Waals surface area contributed by atoms with E-state index >= 15 is 0 Å². The van der Waals surface area contributed by atoms with Gasteiger partial charge < -0.3 is 14.4 Å². The zero-order chi connectivity index (χ0) is 18.1. The van der Waals surface area contributed by atoms with Crippen molar-refractivity contribution >= 4 is 29.4 Å². The monoisotopic (exact) mass is 362 g/mol. The van der Waals surface area contributed by atoms with Crippen LogP contribution in [0.4, 0.5) is 16.6 Å². The highest BCUT2D eigenvalue weighted by atomic mass is 35.5. The Balaban J connectivity index is 1.68. The minimum absolute atomic E-state index is 0.0364. The van der Waals surface area contributed by atoms with Crippen LogP contribution in [0.2, 0.25) is 5.02 Å². The van der Waals surface area contributed by atoms with Crippen LogP contribution in [0, 0.1) is 13.8 Å². The molecule has 7 nitrogen and oxygen atoms in total. The fourth-order valence-electron chi connectivity index (χ4n) is 3.06. The van der Waals surface area contributed by atoms with Crippen molar-refractivity contribution in [3.05, 3.63) is 34.7 Å². The van der Waals surface area contributed by atoms with Crippen molar-refractivity contribution in [3.63, 3.8) is 0 Å². The van der Waals surface area contributed by atoms with Gasteiger partial charge in [0.2, 0.25) is 5.95 Å². The van der Waals surface area contributed by atoms with Crippen LogP contribution in [0.5, 0.6) is 0 Å². The topological polar surface area (TPSA) is 66.3 Å². The lowest BCUT2D eigenvalue weighted by molar-refractivity contribution is 0.184. The van der Waals surface area contributed by atoms with E-state index in [1.165, 1.54) is 0 Å². The average molecular weight is 363 g/mol. The van der Waals surface area contributed by atoms with E-state index in [2.05, 4.69) is 20.2 Å². The van der Waals surface area contributed by atoms with Gasteiger partial charge in [-0.25, -0.2) is 14.8 Å². The summed E-state index contributed by atoms with van der Waals surface area (Å²) < 4.78 is 1.89. The first-order valence-electron chi connectivity index (χ1n) is 8.31. The first kappa shape index (κ1) is 17.5. The van der Waals surface area contributed by atoms with E-state index in [4.69, 9.17) is 11.6 Å². The summed E-state index contributed by atoms with van der Waals surface area (Å²) in [7, 11) is 1.90. The Kier molecular flexibility index (Phi) is 4.85. The minimum Gasteiger partial charge on any atom is -0.352 e. The summed E-state index contributed by atoms with van der Waals surface area (Å²) in [6.07, 6.45) is 1.73. The second kappa shape index (κ2) is 6.92. The lowest BCUT2D eigenvalue weighted by Gasteiger charge is -2.40. The summed E-state index contributed by atoms with van der Waals surface area (Å²) in [5.74, 6) is 1.34. The summed E-state index contributed by atoms with van der Waals surface area (Å²) in [6, 6.07) is 3.55. The Labute approximate surface area is 152 Å². The molecule has 8 heteroatoms. The van der Waals surface area contributed by atoms with E-state index in [1.807, 2.05) is 49.4 Å². The van der Waals surface area contributed by atoms with E-state index in [0.717, 1.165) is 17.2 Å². The maximum Gasteiger partial charge on any atom is 0.324 e. The van der Waals surface area contributed by atoms with Crippen molar-refractivity contribution in [1.82, 2.24) is 19.4 Å². The number of nitrogens with one attached hydrogen (secondary N) is 1. The van der Waals surface area contributed by atoms with Crippen LogP contribution in [-0.2, 0) is 7.05 Å². The van der Waals surface area contributed by atoms with Gasteiger partial charge in [-0.15, -0.1) is 0 Å². The Bertz CT molecular complexity index is 789. The molecule has 25 heavy (non-hydrogen) atoms. The lowest BCUT2D eigenvalue weighted by atomic mass is 10.2. The van der Waals surface area contributed by atoms with Gasteiger partial charge in [0, 0.05) is 44.6 Å². The highest BCUT2D eigenvalue weighted by Gasteiger charge is 2.29. The summed E-state index contributed by atoms with van der Waals surface area (Å²) in [5, 5.41) is 3.55. The number of pyridine rings is 1. The molecule has 1 unspecified atom stereocenters. The lowest BCUT2D eigenvalue weighted by Crippen LogP contribution is -2.55. The number of imidazole rings is 1. The second-order valence-electron chi connectivity index (χ2n) is 6.39. The predicted octanol–water partition coefficient (Wildman–Crippen LogP) is 2.83. The van der Waals surface area contributed by atoms with E-state index < -0.39 is 0 Å². The molecule has 1 saturated heterocycles. The second-order valence-corrected chi connectivity index (χ2v) is 6.80. The number of carbonyl (C=O) groups is 1. The van der Waals surface area contributed by atoms with Gasteiger partial charge in [-0.1, -0.05) is 11.6 Å². The van der Waals surface area contributed by atoms with Gasteiger partial charge in [-0.05, 0) is 32.9 Å². The van der Waals surface area contributed by atoms with E-state index in [1.54, 1.807) is 6.20 Å². The van der Waals surface area contributed by atoms with Gasteiger partial charge in [0.05, 0.1) is 10.7 Å². The molecule has 1 atom stereocenters. The van der Waals surface area contributed by atoms with Crippen LogP contribution < -0.4 is 10.2 Å². The predicted molar refractivity (Wildman–Crippen MR) is 99.3 cm³/mol. The van der Waals surface area contributed by atoms with Crippen molar-refractivity contribution in [2.45, 2.75) is 26.8 Å². The van der Waals surface area contributed by atoms with Crippen molar-refractivity contribution in [3.8, 4) is 0 Å². The van der Waals surface area contributed by atoms with Crippen LogP contribution in [0.3, 0.4) is 0 Å². The summed E-state index contributed by atoms with van der Waals surface area (Å²) in [6.45, 7) is 7.91. The van der Waals surface area contributed by atoms with Crippen LogP contribution in [0.1, 0.15) is 18.3 Å². The molecule has 1 aliphatic rings.